The lowest BCUT2D eigenvalue weighted by Crippen LogP contribution is -2.27. The molecule has 0 spiro atoms. The molecule has 0 atom stereocenters. The van der Waals surface area contributed by atoms with Crippen LogP contribution in [0.5, 0.6) is 0 Å². The van der Waals surface area contributed by atoms with Gasteiger partial charge in [-0.25, -0.2) is 8.42 Å². The van der Waals surface area contributed by atoms with Crippen LogP contribution in [0.25, 0.3) is 0 Å². The van der Waals surface area contributed by atoms with Crippen LogP contribution in [-0.4, -0.2) is 34.5 Å². The van der Waals surface area contributed by atoms with Crippen LogP contribution in [0, 0.1) is 0 Å². The molecular formula is C18H22N2O3S. The molecule has 2 aromatic carbocycles. The van der Waals surface area contributed by atoms with Crippen molar-refractivity contribution in [2.45, 2.75) is 17.1 Å². The zero-order chi connectivity index (χ0) is 17.4. The molecule has 0 unspecified atom stereocenters. The van der Waals surface area contributed by atoms with Gasteiger partial charge in [-0.05, 0) is 43.8 Å². The first-order chi connectivity index (χ1) is 11.5. The summed E-state index contributed by atoms with van der Waals surface area (Å²) >= 11 is 0. The predicted molar refractivity (Wildman–Crippen MR) is 94.7 cm³/mol. The lowest BCUT2D eigenvalue weighted by Gasteiger charge is -2.11. The maximum atomic E-state index is 12.5. The second-order valence-corrected chi connectivity index (χ2v) is 7.43. The Morgan fingerprint density at radius 2 is 1.62 bits per heavy atom. The largest absolute Gasteiger partial charge is 0.352 e. The zero-order valence-electron chi connectivity index (χ0n) is 13.7. The maximum absolute atomic E-state index is 12.5. The van der Waals surface area contributed by atoms with Gasteiger partial charge < -0.3 is 10.6 Å². The molecule has 0 radical (unpaired) electrons. The zero-order valence-corrected chi connectivity index (χ0v) is 14.5. The van der Waals surface area contributed by atoms with E-state index in [0.717, 1.165) is 13.0 Å². The van der Waals surface area contributed by atoms with Crippen LogP contribution in [0.4, 0.5) is 0 Å². The van der Waals surface area contributed by atoms with Crippen molar-refractivity contribution >= 4 is 15.7 Å². The molecule has 6 heteroatoms. The van der Waals surface area contributed by atoms with Crippen LogP contribution in [0.2, 0.25) is 0 Å². The molecule has 2 aromatic rings. The van der Waals surface area contributed by atoms with Crippen LogP contribution < -0.4 is 10.6 Å². The van der Waals surface area contributed by atoms with Gasteiger partial charge in [0.15, 0.2) is 9.84 Å². The molecule has 128 valence electrons. The fraction of sp³-hybridized carbons (Fsp3) is 0.278. The summed E-state index contributed by atoms with van der Waals surface area (Å²) in [6, 6.07) is 15.1. The minimum Gasteiger partial charge on any atom is -0.352 e. The molecule has 5 nitrogen and oxygen atoms in total. The number of rotatable bonds is 8. The van der Waals surface area contributed by atoms with Gasteiger partial charge in [0.1, 0.15) is 0 Å². The van der Waals surface area contributed by atoms with Crippen molar-refractivity contribution in [3.05, 3.63) is 65.7 Å². The van der Waals surface area contributed by atoms with Crippen molar-refractivity contribution in [1.82, 2.24) is 10.6 Å². The Morgan fingerprint density at radius 1 is 0.958 bits per heavy atom. The average molecular weight is 346 g/mol. The Labute approximate surface area is 143 Å². The average Bonchev–Trinajstić information content (AvgIpc) is 2.59. The first-order valence-corrected chi connectivity index (χ1v) is 9.48. The molecule has 0 saturated heterocycles. The van der Waals surface area contributed by atoms with Gasteiger partial charge in [-0.3, -0.25) is 4.79 Å². The summed E-state index contributed by atoms with van der Waals surface area (Å²) in [4.78, 5) is 12.6. The number of carbonyl (C=O) groups is 1. The number of hydrogen-bond acceptors (Lipinski definition) is 4. The minimum atomic E-state index is -3.49. The Hall–Kier alpha value is -2.18. The van der Waals surface area contributed by atoms with Gasteiger partial charge in [0.2, 0.25) is 0 Å². The normalized spacial score (nSPS) is 11.2. The summed E-state index contributed by atoms with van der Waals surface area (Å²) in [6.07, 6.45) is 0.812. The summed E-state index contributed by atoms with van der Waals surface area (Å²) < 4.78 is 25.1. The third kappa shape index (κ3) is 4.91. The van der Waals surface area contributed by atoms with Crippen LogP contribution in [0.3, 0.4) is 0 Å². The van der Waals surface area contributed by atoms with E-state index in [2.05, 4.69) is 10.6 Å². The molecule has 0 bridgehead atoms. The van der Waals surface area contributed by atoms with Gasteiger partial charge in [0.25, 0.3) is 5.91 Å². The van der Waals surface area contributed by atoms with Gasteiger partial charge in [-0.15, -0.1) is 0 Å². The van der Waals surface area contributed by atoms with Crippen molar-refractivity contribution in [3.63, 3.8) is 0 Å². The molecular weight excluding hydrogens is 324 g/mol. The van der Waals surface area contributed by atoms with E-state index < -0.39 is 9.84 Å². The molecule has 0 aliphatic rings. The number of amides is 1. The van der Waals surface area contributed by atoms with E-state index in [-0.39, 0.29) is 16.6 Å². The van der Waals surface area contributed by atoms with E-state index in [1.807, 2.05) is 7.05 Å². The lowest BCUT2D eigenvalue weighted by atomic mass is 10.1. The highest BCUT2D eigenvalue weighted by atomic mass is 32.2. The van der Waals surface area contributed by atoms with Crippen LogP contribution >= 0.6 is 0 Å². The molecule has 0 aliphatic heterocycles. The summed E-state index contributed by atoms with van der Waals surface area (Å²) in [5.74, 6) is -0.443. The second kappa shape index (κ2) is 8.61. The Morgan fingerprint density at radius 3 is 2.33 bits per heavy atom. The fourth-order valence-electron chi connectivity index (χ4n) is 2.35. The maximum Gasteiger partial charge on any atom is 0.251 e. The number of carbonyl (C=O) groups excluding carboxylic acids is 1. The van der Waals surface area contributed by atoms with Crippen molar-refractivity contribution in [1.29, 1.82) is 0 Å². The van der Waals surface area contributed by atoms with Crippen LogP contribution in [-0.2, 0) is 15.6 Å². The highest BCUT2D eigenvalue weighted by Crippen LogP contribution is 2.19. The molecule has 24 heavy (non-hydrogen) atoms. The van der Waals surface area contributed by atoms with Crippen molar-refractivity contribution in [2.75, 3.05) is 20.1 Å². The van der Waals surface area contributed by atoms with E-state index in [0.29, 0.717) is 17.7 Å². The summed E-state index contributed by atoms with van der Waals surface area (Å²) in [5.41, 5.74) is 0.911. The van der Waals surface area contributed by atoms with Crippen LogP contribution in [0.15, 0.2) is 59.5 Å². The quantitative estimate of drug-likeness (QED) is 0.717. The van der Waals surface area contributed by atoms with Crippen LogP contribution in [0.1, 0.15) is 22.3 Å². The number of benzene rings is 2. The van der Waals surface area contributed by atoms with Crippen molar-refractivity contribution in [3.8, 4) is 0 Å². The van der Waals surface area contributed by atoms with E-state index in [1.54, 1.807) is 54.6 Å². The van der Waals surface area contributed by atoms with Crippen molar-refractivity contribution < 1.29 is 13.2 Å². The summed E-state index contributed by atoms with van der Waals surface area (Å²) in [6.45, 7) is 1.35. The van der Waals surface area contributed by atoms with Crippen molar-refractivity contribution in [2.24, 2.45) is 0 Å². The topological polar surface area (TPSA) is 75.3 Å². The monoisotopic (exact) mass is 346 g/mol. The highest BCUT2D eigenvalue weighted by Gasteiger charge is 2.19. The SMILES string of the molecule is CNCCCNC(=O)c1ccccc1CS(=O)(=O)c1ccccc1. The second-order valence-electron chi connectivity index (χ2n) is 5.44. The third-order valence-electron chi connectivity index (χ3n) is 3.60. The first kappa shape index (κ1) is 18.2. The van der Waals surface area contributed by atoms with Gasteiger partial charge in [-0.2, -0.15) is 0 Å². The minimum absolute atomic E-state index is 0.197. The summed E-state index contributed by atoms with van der Waals surface area (Å²) in [7, 11) is -1.64. The molecule has 0 fully saturated rings. The molecule has 0 aliphatic carbocycles. The molecule has 0 aromatic heterocycles. The van der Waals surface area contributed by atoms with Gasteiger partial charge in [0, 0.05) is 12.1 Å². The molecule has 1 amide bonds. The van der Waals surface area contributed by atoms with E-state index in [4.69, 9.17) is 0 Å². The predicted octanol–water partition coefficient (Wildman–Crippen LogP) is 2.00. The van der Waals surface area contributed by atoms with E-state index >= 15 is 0 Å². The van der Waals surface area contributed by atoms with E-state index in [9.17, 15) is 13.2 Å². The number of nitrogens with one attached hydrogen (secondary N) is 2. The number of hydrogen-bond donors (Lipinski definition) is 2. The molecule has 0 saturated carbocycles. The Bertz CT molecular complexity index is 774. The lowest BCUT2D eigenvalue weighted by molar-refractivity contribution is 0.0952. The first-order valence-electron chi connectivity index (χ1n) is 7.83. The third-order valence-corrected chi connectivity index (χ3v) is 5.28. The fourth-order valence-corrected chi connectivity index (χ4v) is 3.75. The van der Waals surface area contributed by atoms with Gasteiger partial charge in [-0.1, -0.05) is 36.4 Å². The number of sulfone groups is 1. The smallest absolute Gasteiger partial charge is 0.251 e. The highest BCUT2D eigenvalue weighted by molar-refractivity contribution is 7.90. The Balaban J connectivity index is 2.15. The molecule has 2 N–H and O–H groups in total. The Kier molecular flexibility index (Phi) is 6.52. The standard InChI is InChI=1S/C18H22N2O3S/c1-19-12-7-13-20-18(21)17-11-6-5-8-15(17)14-24(22,23)16-9-3-2-4-10-16/h2-6,8-11,19H,7,12-14H2,1H3,(H,20,21). The van der Waals surface area contributed by atoms with E-state index in [1.165, 1.54) is 0 Å². The van der Waals surface area contributed by atoms with Gasteiger partial charge >= 0.3 is 0 Å². The molecule has 2 rings (SSSR count). The molecule has 0 heterocycles. The van der Waals surface area contributed by atoms with Gasteiger partial charge in [0.05, 0.1) is 10.6 Å². The summed E-state index contributed by atoms with van der Waals surface area (Å²) in [5, 5.41) is 5.84.